The van der Waals surface area contributed by atoms with Gasteiger partial charge in [-0.1, -0.05) is 30.3 Å². The van der Waals surface area contributed by atoms with Crippen molar-refractivity contribution in [3.63, 3.8) is 0 Å². The number of hydrogen-bond acceptors (Lipinski definition) is 6. The summed E-state index contributed by atoms with van der Waals surface area (Å²) in [5.74, 6) is -1.50. The molecule has 1 N–H and O–H groups in total. The van der Waals surface area contributed by atoms with Gasteiger partial charge in [0.2, 0.25) is 5.88 Å². The Labute approximate surface area is 160 Å². The van der Waals surface area contributed by atoms with Crippen LogP contribution in [0, 0.1) is 10.1 Å². The Balaban J connectivity index is 2.26. The molecule has 0 bridgehead atoms. The monoisotopic (exact) mass is 382 g/mol. The van der Waals surface area contributed by atoms with Crippen LogP contribution >= 0.6 is 0 Å². The lowest BCUT2D eigenvalue weighted by atomic mass is 10.1. The third-order valence-electron chi connectivity index (χ3n) is 4.58. The summed E-state index contributed by atoms with van der Waals surface area (Å²) in [4.78, 5) is 35.2. The van der Waals surface area contributed by atoms with Crippen molar-refractivity contribution in [1.29, 1.82) is 0 Å². The molecule has 0 saturated heterocycles. The number of ether oxygens (including phenoxy) is 1. The fraction of sp³-hybridized carbons (Fsp3) is 0.200. The van der Waals surface area contributed by atoms with Crippen molar-refractivity contribution in [2.45, 2.75) is 19.4 Å². The molecule has 3 aromatic rings. The summed E-state index contributed by atoms with van der Waals surface area (Å²) in [6.45, 7) is 1.25. The number of hydrogen-bond donors (Lipinski definition) is 1. The largest absolute Gasteiger partial charge is 0.494 e. The molecular formula is C20H18N2O6. The fourth-order valence-corrected chi connectivity index (χ4v) is 3.32. The first-order valence-corrected chi connectivity index (χ1v) is 8.49. The number of aromatic nitrogens is 1. The van der Waals surface area contributed by atoms with E-state index in [2.05, 4.69) is 0 Å². The SMILES string of the molecule is COC(=O)[C@H](Cc1ccccc1)n1c(O)c(C(C)=O)c2cc([N+](=O)[O-])ccc21. The summed E-state index contributed by atoms with van der Waals surface area (Å²) in [6.07, 6.45) is 0.208. The third kappa shape index (κ3) is 3.32. The minimum Gasteiger partial charge on any atom is -0.494 e. The van der Waals surface area contributed by atoms with Crippen LogP contribution in [0.25, 0.3) is 10.9 Å². The van der Waals surface area contributed by atoms with Crippen LogP contribution in [-0.2, 0) is 16.0 Å². The summed E-state index contributed by atoms with van der Waals surface area (Å²) in [7, 11) is 1.24. The summed E-state index contributed by atoms with van der Waals surface area (Å²) in [5.41, 5.74) is 0.871. The van der Waals surface area contributed by atoms with Crippen LogP contribution in [0.3, 0.4) is 0 Å². The van der Waals surface area contributed by atoms with Crippen LogP contribution in [-0.4, -0.2) is 33.5 Å². The maximum Gasteiger partial charge on any atom is 0.329 e. The van der Waals surface area contributed by atoms with Gasteiger partial charge in [0.05, 0.1) is 23.1 Å². The van der Waals surface area contributed by atoms with Crippen LogP contribution in [0.5, 0.6) is 5.88 Å². The maximum absolute atomic E-state index is 12.5. The molecule has 8 nitrogen and oxygen atoms in total. The molecule has 0 saturated carbocycles. The molecule has 0 amide bonds. The molecule has 0 radical (unpaired) electrons. The predicted octanol–water partition coefficient (Wildman–Crippen LogP) is 3.41. The van der Waals surface area contributed by atoms with Crippen molar-refractivity contribution in [3.05, 3.63) is 69.8 Å². The van der Waals surface area contributed by atoms with E-state index in [-0.39, 0.29) is 23.1 Å². The van der Waals surface area contributed by atoms with Gasteiger partial charge in [0.25, 0.3) is 5.69 Å². The first-order valence-electron chi connectivity index (χ1n) is 8.49. The van der Waals surface area contributed by atoms with Gasteiger partial charge in [0, 0.05) is 23.9 Å². The Morgan fingerprint density at radius 3 is 2.46 bits per heavy atom. The van der Waals surface area contributed by atoms with Gasteiger partial charge in [0.15, 0.2) is 5.78 Å². The van der Waals surface area contributed by atoms with E-state index in [1.165, 1.54) is 36.8 Å². The normalized spacial score (nSPS) is 11.9. The Bertz CT molecular complexity index is 1070. The summed E-state index contributed by atoms with van der Waals surface area (Å²) in [6, 6.07) is 12.1. The van der Waals surface area contributed by atoms with E-state index in [4.69, 9.17) is 4.74 Å². The molecule has 2 aromatic carbocycles. The molecule has 28 heavy (non-hydrogen) atoms. The van der Waals surface area contributed by atoms with Crippen molar-refractivity contribution in [2.75, 3.05) is 7.11 Å². The van der Waals surface area contributed by atoms with Gasteiger partial charge in [-0.15, -0.1) is 0 Å². The number of non-ortho nitro benzene ring substituents is 1. The Hall–Kier alpha value is -3.68. The first-order chi connectivity index (χ1) is 13.3. The van der Waals surface area contributed by atoms with Crippen molar-refractivity contribution in [3.8, 4) is 5.88 Å². The minimum atomic E-state index is -0.954. The zero-order chi connectivity index (χ0) is 20.4. The van der Waals surface area contributed by atoms with Gasteiger partial charge >= 0.3 is 5.97 Å². The first kappa shape index (κ1) is 19.1. The molecule has 0 fully saturated rings. The van der Waals surface area contributed by atoms with Crippen LogP contribution in [0.4, 0.5) is 5.69 Å². The average Bonchev–Trinajstić information content (AvgIpc) is 2.97. The second-order valence-corrected chi connectivity index (χ2v) is 6.31. The second-order valence-electron chi connectivity index (χ2n) is 6.31. The third-order valence-corrected chi connectivity index (χ3v) is 4.58. The van der Waals surface area contributed by atoms with Crippen LogP contribution < -0.4 is 0 Å². The molecule has 0 aliphatic rings. The topological polar surface area (TPSA) is 112 Å². The molecule has 8 heteroatoms. The number of esters is 1. The highest BCUT2D eigenvalue weighted by Gasteiger charge is 2.30. The number of ketones is 1. The van der Waals surface area contributed by atoms with E-state index in [0.29, 0.717) is 5.52 Å². The predicted molar refractivity (Wildman–Crippen MR) is 101 cm³/mol. The zero-order valence-electron chi connectivity index (χ0n) is 15.3. The average molecular weight is 382 g/mol. The molecule has 1 atom stereocenters. The lowest BCUT2D eigenvalue weighted by Gasteiger charge is -2.19. The molecular weight excluding hydrogens is 364 g/mol. The zero-order valence-corrected chi connectivity index (χ0v) is 15.3. The summed E-state index contributed by atoms with van der Waals surface area (Å²) >= 11 is 0. The number of nitro groups is 1. The van der Waals surface area contributed by atoms with Gasteiger partial charge in [-0.3, -0.25) is 19.5 Å². The van der Waals surface area contributed by atoms with Crippen molar-refractivity contribution in [1.82, 2.24) is 4.57 Å². The highest BCUT2D eigenvalue weighted by atomic mass is 16.6. The number of methoxy groups -OCH3 is 1. The minimum absolute atomic E-state index is 0.0688. The van der Waals surface area contributed by atoms with E-state index in [1.807, 2.05) is 30.3 Å². The summed E-state index contributed by atoms with van der Waals surface area (Å²) < 4.78 is 6.21. The lowest BCUT2D eigenvalue weighted by Crippen LogP contribution is -2.23. The van der Waals surface area contributed by atoms with E-state index in [1.54, 1.807) is 0 Å². The van der Waals surface area contributed by atoms with Gasteiger partial charge in [-0.2, -0.15) is 0 Å². The molecule has 1 heterocycles. The Kier molecular flexibility index (Phi) is 5.12. The summed E-state index contributed by atoms with van der Waals surface area (Å²) in [5, 5.41) is 22.1. The van der Waals surface area contributed by atoms with Crippen LogP contribution in [0.15, 0.2) is 48.5 Å². The molecule has 1 aromatic heterocycles. The second kappa shape index (κ2) is 7.51. The van der Waals surface area contributed by atoms with E-state index >= 15 is 0 Å². The molecule has 0 aliphatic carbocycles. The molecule has 0 spiro atoms. The number of nitro benzene ring substituents is 1. The fourth-order valence-electron chi connectivity index (χ4n) is 3.32. The van der Waals surface area contributed by atoms with E-state index < -0.39 is 28.6 Å². The van der Waals surface area contributed by atoms with Gasteiger partial charge < -0.3 is 9.84 Å². The number of carbonyl (C=O) groups excluding carboxylic acids is 2. The number of benzene rings is 2. The number of carbonyl (C=O) groups is 2. The lowest BCUT2D eigenvalue weighted by molar-refractivity contribution is -0.384. The Morgan fingerprint density at radius 2 is 1.89 bits per heavy atom. The Morgan fingerprint density at radius 1 is 1.21 bits per heavy atom. The van der Waals surface area contributed by atoms with Crippen molar-refractivity contribution >= 4 is 28.3 Å². The number of aromatic hydroxyl groups is 1. The molecule has 0 aliphatic heterocycles. The molecule has 3 rings (SSSR count). The standard InChI is InChI=1S/C20H18N2O6/c1-12(23)18-15-11-14(22(26)27)8-9-16(15)21(19(18)24)17(20(25)28-2)10-13-6-4-3-5-7-13/h3-9,11,17,24H,10H2,1-2H3/t17-/m0/s1. The smallest absolute Gasteiger partial charge is 0.329 e. The van der Waals surface area contributed by atoms with Gasteiger partial charge in [-0.05, 0) is 18.6 Å². The van der Waals surface area contributed by atoms with E-state index in [9.17, 15) is 24.8 Å². The molecule has 144 valence electrons. The number of fused-ring (bicyclic) bond motifs is 1. The van der Waals surface area contributed by atoms with Crippen LogP contribution in [0.2, 0.25) is 0 Å². The number of nitrogens with zero attached hydrogens (tertiary/aromatic N) is 2. The van der Waals surface area contributed by atoms with E-state index in [0.717, 1.165) is 5.56 Å². The van der Waals surface area contributed by atoms with Crippen LogP contribution in [0.1, 0.15) is 28.9 Å². The van der Waals surface area contributed by atoms with Gasteiger partial charge in [0.1, 0.15) is 6.04 Å². The highest BCUT2D eigenvalue weighted by molar-refractivity contribution is 6.10. The quantitative estimate of drug-likeness (QED) is 0.303. The molecule has 0 unspecified atom stereocenters. The van der Waals surface area contributed by atoms with Crippen molar-refractivity contribution < 1.29 is 24.4 Å². The van der Waals surface area contributed by atoms with Crippen molar-refractivity contribution in [2.24, 2.45) is 0 Å². The highest BCUT2D eigenvalue weighted by Crippen LogP contribution is 2.37. The van der Waals surface area contributed by atoms with Gasteiger partial charge in [-0.25, -0.2) is 4.79 Å². The number of Topliss-reactive ketones (excluding diaryl/α,β-unsaturated/α-hetero) is 1. The maximum atomic E-state index is 12.5. The number of rotatable bonds is 6.